The molecular weight excluding hydrogens is 244 g/mol. The standard InChI is InChI=1S/C19H16O/c1-14-7-8-17(15-9-11-18(20)12-10-15)13-19(14)16-5-3-2-4-6-16/h2-13,20H,1H3. The lowest BCUT2D eigenvalue weighted by atomic mass is 9.95. The van der Waals surface area contributed by atoms with Gasteiger partial charge in [-0.25, -0.2) is 0 Å². The molecule has 0 aliphatic heterocycles. The van der Waals surface area contributed by atoms with Gasteiger partial charge < -0.3 is 5.11 Å². The summed E-state index contributed by atoms with van der Waals surface area (Å²) in [7, 11) is 0. The molecule has 0 aromatic heterocycles. The van der Waals surface area contributed by atoms with E-state index in [1.165, 1.54) is 16.7 Å². The number of phenolic OH excluding ortho intramolecular Hbond substituents is 1. The highest BCUT2D eigenvalue weighted by molar-refractivity contribution is 5.75. The van der Waals surface area contributed by atoms with Crippen LogP contribution in [0.2, 0.25) is 0 Å². The first kappa shape index (κ1) is 12.5. The summed E-state index contributed by atoms with van der Waals surface area (Å²) < 4.78 is 0. The van der Waals surface area contributed by atoms with Crippen LogP contribution in [-0.4, -0.2) is 5.11 Å². The molecular formula is C19H16O. The second-order valence-corrected chi connectivity index (χ2v) is 4.94. The molecule has 0 unspecified atom stereocenters. The minimum atomic E-state index is 0.296. The third-order valence-corrected chi connectivity index (χ3v) is 3.52. The Bertz CT molecular complexity index is 713. The van der Waals surface area contributed by atoms with Gasteiger partial charge in [-0.05, 0) is 52.9 Å². The number of aryl methyl sites for hydroxylation is 1. The zero-order valence-corrected chi connectivity index (χ0v) is 11.4. The van der Waals surface area contributed by atoms with Gasteiger partial charge in [-0.1, -0.05) is 54.6 Å². The second kappa shape index (κ2) is 5.22. The highest BCUT2D eigenvalue weighted by atomic mass is 16.3. The van der Waals surface area contributed by atoms with Crippen molar-refractivity contribution in [2.24, 2.45) is 0 Å². The largest absolute Gasteiger partial charge is 0.508 e. The smallest absolute Gasteiger partial charge is 0.115 e. The molecule has 98 valence electrons. The van der Waals surface area contributed by atoms with Gasteiger partial charge in [-0.2, -0.15) is 0 Å². The number of aromatic hydroxyl groups is 1. The van der Waals surface area contributed by atoms with Gasteiger partial charge >= 0.3 is 0 Å². The molecule has 0 saturated heterocycles. The van der Waals surface area contributed by atoms with Crippen LogP contribution in [0.25, 0.3) is 22.3 Å². The van der Waals surface area contributed by atoms with E-state index in [0.29, 0.717) is 5.75 Å². The van der Waals surface area contributed by atoms with Crippen molar-refractivity contribution in [3.8, 4) is 28.0 Å². The molecule has 3 aromatic carbocycles. The zero-order valence-electron chi connectivity index (χ0n) is 11.4. The summed E-state index contributed by atoms with van der Waals surface area (Å²) in [5.41, 5.74) is 6.01. The summed E-state index contributed by atoms with van der Waals surface area (Å²) in [6.45, 7) is 2.13. The lowest BCUT2D eigenvalue weighted by Crippen LogP contribution is -1.85. The number of phenols is 1. The van der Waals surface area contributed by atoms with Crippen molar-refractivity contribution in [1.82, 2.24) is 0 Å². The molecule has 1 heteroatoms. The maximum Gasteiger partial charge on any atom is 0.115 e. The van der Waals surface area contributed by atoms with Crippen LogP contribution < -0.4 is 0 Å². The Labute approximate surface area is 119 Å². The van der Waals surface area contributed by atoms with Crippen LogP contribution in [-0.2, 0) is 0 Å². The Balaban J connectivity index is 2.09. The molecule has 3 aromatic rings. The molecule has 3 rings (SSSR count). The average Bonchev–Trinajstić information content (AvgIpc) is 2.50. The van der Waals surface area contributed by atoms with Crippen LogP contribution >= 0.6 is 0 Å². The van der Waals surface area contributed by atoms with Gasteiger partial charge in [-0.15, -0.1) is 0 Å². The van der Waals surface area contributed by atoms with E-state index in [9.17, 15) is 5.11 Å². The summed E-state index contributed by atoms with van der Waals surface area (Å²) in [6.07, 6.45) is 0. The summed E-state index contributed by atoms with van der Waals surface area (Å²) in [5, 5.41) is 9.38. The van der Waals surface area contributed by atoms with E-state index in [1.54, 1.807) is 12.1 Å². The molecule has 0 aliphatic rings. The maximum absolute atomic E-state index is 9.38. The molecule has 0 bridgehead atoms. The van der Waals surface area contributed by atoms with Crippen LogP contribution in [0.1, 0.15) is 5.56 Å². The van der Waals surface area contributed by atoms with E-state index < -0.39 is 0 Å². The van der Waals surface area contributed by atoms with Gasteiger partial charge in [0.25, 0.3) is 0 Å². The lowest BCUT2D eigenvalue weighted by molar-refractivity contribution is 0.475. The van der Waals surface area contributed by atoms with Crippen molar-refractivity contribution in [2.75, 3.05) is 0 Å². The van der Waals surface area contributed by atoms with Gasteiger partial charge in [0.2, 0.25) is 0 Å². The Kier molecular flexibility index (Phi) is 3.26. The van der Waals surface area contributed by atoms with Crippen LogP contribution in [0.5, 0.6) is 5.75 Å². The maximum atomic E-state index is 9.38. The number of hydrogen-bond donors (Lipinski definition) is 1. The van der Waals surface area contributed by atoms with E-state index in [0.717, 1.165) is 11.1 Å². The number of rotatable bonds is 2. The Hall–Kier alpha value is -2.54. The van der Waals surface area contributed by atoms with Gasteiger partial charge in [0.05, 0.1) is 0 Å². The minimum Gasteiger partial charge on any atom is -0.508 e. The van der Waals surface area contributed by atoms with Crippen LogP contribution in [0.15, 0.2) is 72.8 Å². The molecule has 1 N–H and O–H groups in total. The van der Waals surface area contributed by atoms with Crippen molar-refractivity contribution in [3.63, 3.8) is 0 Å². The van der Waals surface area contributed by atoms with E-state index in [-0.39, 0.29) is 0 Å². The van der Waals surface area contributed by atoms with Crippen molar-refractivity contribution < 1.29 is 5.11 Å². The first-order valence-corrected chi connectivity index (χ1v) is 6.69. The second-order valence-electron chi connectivity index (χ2n) is 4.94. The van der Waals surface area contributed by atoms with Gasteiger partial charge in [-0.3, -0.25) is 0 Å². The third-order valence-electron chi connectivity index (χ3n) is 3.52. The molecule has 0 atom stereocenters. The predicted octanol–water partition coefficient (Wildman–Crippen LogP) is 5.03. The zero-order chi connectivity index (χ0) is 13.9. The Morgan fingerprint density at radius 1 is 0.650 bits per heavy atom. The van der Waals surface area contributed by atoms with Gasteiger partial charge in [0.1, 0.15) is 5.75 Å². The predicted molar refractivity (Wildman–Crippen MR) is 83.7 cm³/mol. The Morgan fingerprint density at radius 3 is 2.00 bits per heavy atom. The summed E-state index contributed by atoms with van der Waals surface area (Å²) in [5.74, 6) is 0.296. The van der Waals surface area contributed by atoms with Crippen molar-refractivity contribution in [2.45, 2.75) is 6.92 Å². The molecule has 20 heavy (non-hydrogen) atoms. The fraction of sp³-hybridized carbons (Fsp3) is 0.0526. The normalized spacial score (nSPS) is 10.4. The van der Waals surface area contributed by atoms with E-state index >= 15 is 0 Å². The average molecular weight is 260 g/mol. The molecule has 0 amide bonds. The minimum absolute atomic E-state index is 0.296. The Morgan fingerprint density at radius 2 is 1.30 bits per heavy atom. The van der Waals surface area contributed by atoms with Crippen LogP contribution in [0.3, 0.4) is 0 Å². The molecule has 1 nitrogen and oxygen atoms in total. The van der Waals surface area contributed by atoms with Crippen LogP contribution in [0, 0.1) is 6.92 Å². The molecule has 0 spiro atoms. The van der Waals surface area contributed by atoms with Crippen LogP contribution in [0.4, 0.5) is 0 Å². The molecule has 0 radical (unpaired) electrons. The van der Waals surface area contributed by atoms with Crippen molar-refractivity contribution in [3.05, 3.63) is 78.4 Å². The number of hydrogen-bond acceptors (Lipinski definition) is 1. The highest BCUT2D eigenvalue weighted by Crippen LogP contribution is 2.29. The summed E-state index contributed by atoms with van der Waals surface area (Å²) in [6, 6.07) is 24.2. The quantitative estimate of drug-likeness (QED) is 0.684. The van der Waals surface area contributed by atoms with Gasteiger partial charge in [0, 0.05) is 0 Å². The van der Waals surface area contributed by atoms with Crippen molar-refractivity contribution >= 4 is 0 Å². The first-order chi connectivity index (χ1) is 9.74. The van der Waals surface area contributed by atoms with Gasteiger partial charge in [0.15, 0.2) is 0 Å². The monoisotopic (exact) mass is 260 g/mol. The lowest BCUT2D eigenvalue weighted by Gasteiger charge is -2.09. The topological polar surface area (TPSA) is 20.2 Å². The van der Waals surface area contributed by atoms with E-state index in [4.69, 9.17) is 0 Å². The first-order valence-electron chi connectivity index (χ1n) is 6.69. The fourth-order valence-corrected chi connectivity index (χ4v) is 2.38. The SMILES string of the molecule is Cc1ccc(-c2ccc(O)cc2)cc1-c1ccccc1. The fourth-order valence-electron chi connectivity index (χ4n) is 2.38. The third kappa shape index (κ3) is 2.43. The molecule has 0 heterocycles. The molecule has 0 aliphatic carbocycles. The molecule has 0 fully saturated rings. The van der Waals surface area contributed by atoms with Crippen molar-refractivity contribution in [1.29, 1.82) is 0 Å². The molecule has 0 saturated carbocycles. The number of benzene rings is 3. The summed E-state index contributed by atoms with van der Waals surface area (Å²) in [4.78, 5) is 0. The summed E-state index contributed by atoms with van der Waals surface area (Å²) >= 11 is 0. The highest BCUT2D eigenvalue weighted by Gasteiger charge is 2.04. The van der Waals surface area contributed by atoms with E-state index in [1.807, 2.05) is 18.2 Å². The van der Waals surface area contributed by atoms with E-state index in [2.05, 4.69) is 49.4 Å².